The van der Waals surface area contributed by atoms with Gasteiger partial charge in [0.2, 0.25) is 0 Å². The van der Waals surface area contributed by atoms with Gasteiger partial charge in [-0.25, -0.2) is 0 Å². The Balaban J connectivity index is 1.45. The molecule has 0 unspecified atom stereocenters. The number of likely N-dealkylation sites (N-methyl/N-ethyl adjacent to an activating group) is 1. The molecule has 2 N–H and O–H groups in total. The molecule has 7 nitrogen and oxygen atoms in total. The molecule has 0 radical (unpaired) electrons. The summed E-state index contributed by atoms with van der Waals surface area (Å²) >= 11 is 0. The monoisotopic (exact) mass is 553 g/mol. The van der Waals surface area contributed by atoms with Gasteiger partial charge in [-0.15, -0.1) is 0 Å². The molecule has 1 amide bonds. The van der Waals surface area contributed by atoms with Gasteiger partial charge >= 0.3 is 6.18 Å². The Morgan fingerprint density at radius 3 is 2.48 bits per heavy atom. The molecular formula is C30H34F3N5O2. The van der Waals surface area contributed by atoms with Gasteiger partial charge in [-0.1, -0.05) is 30.8 Å². The van der Waals surface area contributed by atoms with Crippen molar-refractivity contribution in [3.05, 3.63) is 83.7 Å². The summed E-state index contributed by atoms with van der Waals surface area (Å²) in [5.41, 5.74) is 2.81. The van der Waals surface area contributed by atoms with Gasteiger partial charge in [0.15, 0.2) is 0 Å². The Bertz CT molecular complexity index is 1320. The lowest BCUT2D eigenvalue weighted by Gasteiger charge is -2.35. The molecular weight excluding hydrogens is 519 g/mol. The fourth-order valence-corrected chi connectivity index (χ4v) is 5.15. The number of dihydropyridines is 1. The third-order valence-electron chi connectivity index (χ3n) is 7.42. The van der Waals surface area contributed by atoms with E-state index in [2.05, 4.69) is 51.1 Å². The number of anilines is 2. The second kappa shape index (κ2) is 11.9. The highest BCUT2D eigenvalue weighted by Crippen LogP contribution is 2.36. The van der Waals surface area contributed by atoms with E-state index in [4.69, 9.17) is 4.74 Å². The van der Waals surface area contributed by atoms with E-state index in [0.717, 1.165) is 93.7 Å². The number of benzene rings is 2. The summed E-state index contributed by atoms with van der Waals surface area (Å²) in [5, 5.41) is 5.44. The van der Waals surface area contributed by atoms with Gasteiger partial charge in [0.05, 0.1) is 35.7 Å². The van der Waals surface area contributed by atoms with Crippen LogP contribution < -0.4 is 15.5 Å². The third kappa shape index (κ3) is 6.57. The fraction of sp³-hybridized carbons (Fsp3) is 0.367. The van der Waals surface area contributed by atoms with Crippen LogP contribution in [0.2, 0.25) is 0 Å². The van der Waals surface area contributed by atoms with Gasteiger partial charge < -0.3 is 25.2 Å². The molecule has 0 saturated carbocycles. The lowest BCUT2D eigenvalue weighted by atomic mass is 10.00. The quantitative estimate of drug-likeness (QED) is 0.555. The van der Waals surface area contributed by atoms with Gasteiger partial charge in [-0.2, -0.15) is 13.2 Å². The molecule has 2 saturated heterocycles. The van der Waals surface area contributed by atoms with E-state index in [-0.39, 0.29) is 5.70 Å². The first kappa shape index (κ1) is 27.9. The van der Waals surface area contributed by atoms with Crippen molar-refractivity contribution in [2.45, 2.75) is 12.7 Å². The molecule has 40 heavy (non-hydrogen) atoms. The van der Waals surface area contributed by atoms with Gasteiger partial charge in [0.1, 0.15) is 0 Å². The lowest BCUT2D eigenvalue weighted by molar-refractivity contribution is -0.115. The highest BCUT2D eigenvalue weighted by molar-refractivity contribution is 6.09. The molecule has 10 heteroatoms. The van der Waals surface area contributed by atoms with E-state index in [1.807, 2.05) is 30.3 Å². The van der Waals surface area contributed by atoms with E-state index < -0.39 is 23.2 Å². The predicted octanol–water partition coefficient (Wildman–Crippen LogP) is 4.37. The zero-order valence-electron chi connectivity index (χ0n) is 22.6. The van der Waals surface area contributed by atoms with Crippen LogP contribution in [0.1, 0.15) is 5.56 Å². The third-order valence-corrected chi connectivity index (χ3v) is 7.42. The second-order valence-corrected chi connectivity index (χ2v) is 10.3. The summed E-state index contributed by atoms with van der Waals surface area (Å²) in [7, 11) is 2.05. The molecule has 2 aromatic rings. The van der Waals surface area contributed by atoms with E-state index in [0.29, 0.717) is 5.69 Å². The van der Waals surface area contributed by atoms with E-state index >= 15 is 0 Å². The SMILES string of the molecule is C=C1C=C(C(F)(F)F)C(C(=O)Nc2cc(-c3cccc(CN4CCOCC4)c3)ccc2N2CCN(C)CC2)=CN1. The number of ether oxygens (including phenoxy) is 1. The van der Waals surface area contributed by atoms with Crippen LogP contribution in [0, 0.1) is 0 Å². The molecule has 3 aliphatic heterocycles. The number of nitrogens with zero attached hydrogens (tertiary/aromatic N) is 3. The maximum Gasteiger partial charge on any atom is 0.417 e. The zero-order chi connectivity index (χ0) is 28.3. The molecule has 2 fully saturated rings. The van der Waals surface area contributed by atoms with Crippen molar-refractivity contribution in [2.75, 3.05) is 69.7 Å². The summed E-state index contributed by atoms with van der Waals surface area (Å²) in [5.74, 6) is -0.836. The number of morpholine rings is 1. The van der Waals surface area contributed by atoms with E-state index in [1.165, 1.54) is 0 Å². The standard InChI is InChI=1S/C30H34F3N5O2/c1-21-16-26(30(31,32)33)25(19-34-21)29(39)35-27-18-24(6-7-28(27)38-10-8-36(2)9-11-38)23-5-3-4-22(17-23)20-37-12-14-40-15-13-37/h3-7,16-19,34H,1,8-15,20H2,2H3,(H,35,39). The fourth-order valence-electron chi connectivity index (χ4n) is 5.15. The van der Waals surface area contributed by atoms with Gasteiger partial charge in [-0.05, 0) is 48.0 Å². The normalized spacial score (nSPS) is 19.1. The molecule has 0 aliphatic carbocycles. The average Bonchev–Trinajstić information content (AvgIpc) is 2.94. The number of carbonyl (C=O) groups excluding carboxylic acids is 1. The number of carbonyl (C=O) groups is 1. The largest absolute Gasteiger partial charge is 0.417 e. The van der Waals surface area contributed by atoms with Crippen molar-refractivity contribution in [3.63, 3.8) is 0 Å². The van der Waals surface area contributed by atoms with Crippen LogP contribution in [-0.2, 0) is 16.1 Å². The molecule has 3 aliphatic rings. The zero-order valence-corrected chi connectivity index (χ0v) is 22.6. The molecule has 0 spiro atoms. The van der Waals surface area contributed by atoms with Crippen molar-refractivity contribution in [1.82, 2.24) is 15.1 Å². The minimum Gasteiger partial charge on any atom is -0.379 e. The first-order chi connectivity index (χ1) is 19.2. The van der Waals surface area contributed by atoms with Crippen molar-refractivity contribution in [3.8, 4) is 11.1 Å². The molecule has 0 bridgehead atoms. The number of hydrogen-bond acceptors (Lipinski definition) is 6. The van der Waals surface area contributed by atoms with Crippen molar-refractivity contribution in [2.24, 2.45) is 0 Å². The number of piperazine rings is 1. The summed E-state index contributed by atoms with van der Waals surface area (Å²) in [6.07, 6.45) is -2.78. The summed E-state index contributed by atoms with van der Waals surface area (Å²) in [6.45, 7) is 10.7. The average molecular weight is 554 g/mol. The summed E-state index contributed by atoms with van der Waals surface area (Å²) in [6, 6.07) is 14.0. The van der Waals surface area contributed by atoms with E-state index in [1.54, 1.807) is 0 Å². The number of alkyl halides is 3. The van der Waals surface area contributed by atoms with Crippen molar-refractivity contribution >= 4 is 17.3 Å². The summed E-state index contributed by atoms with van der Waals surface area (Å²) in [4.78, 5) is 20.0. The highest BCUT2D eigenvalue weighted by atomic mass is 19.4. The molecule has 3 heterocycles. The van der Waals surface area contributed by atoms with Gasteiger partial charge in [-0.3, -0.25) is 9.69 Å². The van der Waals surface area contributed by atoms with Crippen LogP contribution in [0.4, 0.5) is 24.5 Å². The van der Waals surface area contributed by atoms with E-state index in [9.17, 15) is 18.0 Å². The maximum absolute atomic E-state index is 13.8. The van der Waals surface area contributed by atoms with Crippen LogP contribution in [0.5, 0.6) is 0 Å². The van der Waals surface area contributed by atoms with Gasteiger partial charge in [0.25, 0.3) is 5.91 Å². The van der Waals surface area contributed by atoms with Gasteiger partial charge in [0, 0.05) is 57.7 Å². The Hall–Kier alpha value is -3.60. The number of allylic oxidation sites excluding steroid dienone is 1. The highest BCUT2D eigenvalue weighted by Gasteiger charge is 2.39. The lowest BCUT2D eigenvalue weighted by Crippen LogP contribution is -2.44. The second-order valence-electron chi connectivity index (χ2n) is 10.3. The number of halogens is 3. The number of amides is 1. The minimum absolute atomic E-state index is 0.0703. The molecule has 0 aromatic heterocycles. The van der Waals surface area contributed by atoms with Crippen molar-refractivity contribution < 1.29 is 22.7 Å². The minimum atomic E-state index is -4.70. The van der Waals surface area contributed by atoms with Crippen LogP contribution in [0.25, 0.3) is 11.1 Å². The Morgan fingerprint density at radius 2 is 1.75 bits per heavy atom. The summed E-state index contributed by atoms with van der Waals surface area (Å²) < 4.78 is 46.8. The Kier molecular flexibility index (Phi) is 8.30. The molecule has 2 aromatic carbocycles. The van der Waals surface area contributed by atoms with Crippen LogP contribution in [0.15, 0.2) is 78.2 Å². The van der Waals surface area contributed by atoms with Crippen LogP contribution in [-0.4, -0.2) is 81.4 Å². The predicted molar refractivity (Wildman–Crippen MR) is 151 cm³/mol. The first-order valence-corrected chi connectivity index (χ1v) is 13.4. The Morgan fingerprint density at radius 1 is 1.02 bits per heavy atom. The number of rotatable bonds is 6. The number of hydrogen-bond donors (Lipinski definition) is 2. The Labute approximate surface area is 232 Å². The maximum atomic E-state index is 13.8. The molecule has 5 rings (SSSR count). The number of nitrogens with one attached hydrogen (secondary N) is 2. The first-order valence-electron chi connectivity index (χ1n) is 13.4. The molecule has 212 valence electrons. The topological polar surface area (TPSA) is 60.1 Å². The molecule has 0 atom stereocenters. The van der Waals surface area contributed by atoms with Crippen molar-refractivity contribution in [1.29, 1.82) is 0 Å². The van der Waals surface area contributed by atoms with Crippen LogP contribution in [0.3, 0.4) is 0 Å². The van der Waals surface area contributed by atoms with Crippen LogP contribution >= 0.6 is 0 Å². The smallest absolute Gasteiger partial charge is 0.379 e.